The minimum absolute atomic E-state index is 0.163. The molecule has 0 fully saturated rings. The molecule has 1 aromatic rings. The van der Waals surface area contributed by atoms with Gasteiger partial charge in [0.25, 0.3) is 0 Å². The highest BCUT2D eigenvalue weighted by Gasteiger charge is 2.13. The van der Waals surface area contributed by atoms with Crippen LogP contribution in [0.3, 0.4) is 0 Å². The Morgan fingerprint density at radius 1 is 1.22 bits per heavy atom. The lowest BCUT2D eigenvalue weighted by Gasteiger charge is -2.17. The first-order valence-electron chi connectivity index (χ1n) is 7.22. The molecule has 7 heteroatoms. The monoisotopic (exact) mass is 340 g/mol. The number of urea groups is 1. The number of methoxy groups -OCH3 is 2. The van der Waals surface area contributed by atoms with Crippen LogP contribution >= 0.6 is 11.8 Å². The molecule has 2 N–H and O–H groups in total. The number of rotatable bonds is 6. The molecule has 0 heterocycles. The smallest absolute Gasteiger partial charge is 0.337 e. The van der Waals surface area contributed by atoms with E-state index in [9.17, 15) is 9.59 Å². The molecule has 2 amide bonds. The molecule has 0 saturated carbocycles. The lowest BCUT2D eigenvalue weighted by atomic mass is 10.2. The molecule has 0 unspecified atom stereocenters. The number of benzene rings is 1. The molecular formula is C16H24N2O4S. The maximum absolute atomic E-state index is 12.0. The summed E-state index contributed by atoms with van der Waals surface area (Å²) in [6.45, 7) is 6.93. The van der Waals surface area contributed by atoms with E-state index in [0.717, 1.165) is 5.75 Å². The summed E-state index contributed by atoms with van der Waals surface area (Å²) in [5, 5.41) is 5.46. The van der Waals surface area contributed by atoms with Crippen LogP contribution in [0.2, 0.25) is 0 Å². The van der Waals surface area contributed by atoms with Gasteiger partial charge < -0.3 is 20.1 Å². The summed E-state index contributed by atoms with van der Waals surface area (Å²) >= 11 is 1.77. The third kappa shape index (κ3) is 6.81. The molecule has 0 aliphatic heterocycles. The molecular weight excluding hydrogens is 316 g/mol. The van der Waals surface area contributed by atoms with Gasteiger partial charge >= 0.3 is 12.0 Å². The first kappa shape index (κ1) is 19.2. The summed E-state index contributed by atoms with van der Waals surface area (Å²) in [6, 6.07) is 4.36. The first-order valence-corrected chi connectivity index (χ1v) is 8.20. The van der Waals surface area contributed by atoms with Crippen LogP contribution in [-0.2, 0) is 4.74 Å². The van der Waals surface area contributed by atoms with E-state index < -0.39 is 5.97 Å². The standard InChI is InChI=1S/C16H24N2O4S/c1-16(2,3)23-9-8-17-15(20)18-12-10-11(14(19)22-5)6-7-13(12)21-4/h6-7,10H,8-9H2,1-5H3,(H2,17,18,20). The van der Waals surface area contributed by atoms with E-state index in [-0.39, 0.29) is 10.8 Å². The number of thioether (sulfide) groups is 1. The van der Waals surface area contributed by atoms with Gasteiger partial charge in [0.05, 0.1) is 25.5 Å². The van der Waals surface area contributed by atoms with Crippen LogP contribution in [0.25, 0.3) is 0 Å². The molecule has 0 radical (unpaired) electrons. The van der Waals surface area contributed by atoms with Gasteiger partial charge in [-0.05, 0) is 18.2 Å². The highest BCUT2D eigenvalue weighted by molar-refractivity contribution is 8.00. The Morgan fingerprint density at radius 3 is 2.48 bits per heavy atom. The van der Waals surface area contributed by atoms with Gasteiger partial charge in [0.15, 0.2) is 0 Å². The topological polar surface area (TPSA) is 76.7 Å². The number of amides is 2. The molecule has 6 nitrogen and oxygen atoms in total. The van der Waals surface area contributed by atoms with Crippen molar-refractivity contribution in [3.05, 3.63) is 23.8 Å². The molecule has 23 heavy (non-hydrogen) atoms. The van der Waals surface area contributed by atoms with Crippen LogP contribution in [0.15, 0.2) is 18.2 Å². The Bertz CT molecular complexity index is 556. The van der Waals surface area contributed by atoms with Gasteiger partial charge in [-0.3, -0.25) is 0 Å². The zero-order valence-corrected chi connectivity index (χ0v) is 15.0. The van der Waals surface area contributed by atoms with Crippen molar-refractivity contribution in [1.82, 2.24) is 5.32 Å². The largest absolute Gasteiger partial charge is 0.495 e. The summed E-state index contributed by atoms with van der Waals surface area (Å²) in [5.74, 6) is 0.811. The minimum Gasteiger partial charge on any atom is -0.495 e. The summed E-state index contributed by atoms with van der Waals surface area (Å²) < 4.78 is 10.0. The maximum Gasteiger partial charge on any atom is 0.337 e. The molecule has 0 spiro atoms. The molecule has 0 aliphatic rings. The molecule has 128 valence electrons. The molecule has 0 aromatic heterocycles. The van der Waals surface area contributed by atoms with Crippen molar-refractivity contribution < 1.29 is 19.1 Å². The van der Waals surface area contributed by atoms with Gasteiger partial charge in [0.2, 0.25) is 0 Å². The van der Waals surface area contributed by atoms with Crippen molar-refractivity contribution in [1.29, 1.82) is 0 Å². The van der Waals surface area contributed by atoms with Crippen molar-refractivity contribution in [2.45, 2.75) is 25.5 Å². The Balaban J connectivity index is 2.64. The van der Waals surface area contributed by atoms with Crippen LogP contribution in [0.5, 0.6) is 5.75 Å². The van der Waals surface area contributed by atoms with E-state index in [0.29, 0.717) is 23.5 Å². The average Bonchev–Trinajstić information content (AvgIpc) is 2.49. The van der Waals surface area contributed by atoms with Crippen LogP contribution < -0.4 is 15.4 Å². The molecule has 1 rings (SSSR count). The highest BCUT2D eigenvalue weighted by atomic mass is 32.2. The fourth-order valence-electron chi connectivity index (χ4n) is 1.74. The molecule has 0 aliphatic carbocycles. The third-order valence-corrected chi connectivity index (χ3v) is 4.07. The number of hydrogen-bond donors (Lipinski definition) is 2. The van der Waals surface area contributed by atoms with E-state index in [4.69, 9.17) is 4.74 Å². The Hall–Kier alpha value is -1.89. The second-order valence-electron chi connectivity index (χ2n) is 5.75. The van der Waals surface area contributed by atoms with Crippen LogP contribution in [0.4, 0.5) is 10.5 Å². The second kappa shape index (κ2) is 8.67. The first-order chi connectivity index (χ1) is 10.8. The van der Waals surface area contributed by atoms with E-state index in [1.54, 1.807) is 23.9 Å². The number of anilines is 1. The maximum atomic E-state index is 12.0. The van der Waals surface area contributed by atoms with Gasteiger partial charge in [0, 0.05) is 17.0 Å². The van der Waals surface area contributed by atoms with E-state index in [1.807, 2.05) is 0 Å². The fourth-order valence-corrected chi connectivity index (χ4v) is 2.56. The Morgan fingerprint density at radius 2 is 1.91 bits per heavy atom. The zero-order chi connectivity index (χ0) is 17.5. The van der Waals surface area contributed by atoms with Crippen molar-refractivity contribution in [3.63, 3.8) is 0 Å². The minimum atomic E-state index is -0.474. The summed E-state index contributed by atoms with van der Waals surface area (Å²) in [7, 11) is 2.80. The third-order valence-electron chi connectivity index (χ3n) is 2.79. The molecule has 1 aromatic carbocycles. The SMILES string of the molecule is COC(=O)c1ccc(OC)c(NC(=O)NCCSC(C)(C)C)c1. The van der Waals surface area contributed by atoms with Crippen LogP contribution in [-0.4, -0.2) is 43.3 Å². The average molecular weight is 340 g/mol. The van der Waals surface area contributed by atoms with Gasteiger partial charge in [-0.25, -0.2) is 9.59 Å². The van der Waals surface area contributed by atoms with Crippen molar-refractivity contribution >= 4 is 29.4 Å². The van der Waals surface area contributed by atoms with Crippen molar-refractivity contribution in [2.75, 3.05) is 31.8 Å². The predicted octanol–water partition coefficient (Wildman–Crippen LogP) is 3.14. The quantitative estimate of drug-likeness (QED) is 0.614. The van der Waals surface area contributed by atoms with Gasteiger partial charge in [0.1, 0.15) is 5.75 Å². The van der Waals surface area contributed by atoms with Crippen molar-refractivity contribution in [3.8, 4) is 5.75 Å². The summed E-state index contributed by atoms with van der Waals surface area (Å²) in [5.41, 5.74) is 0.753. The van der Waals surface area contributed by atoms with Crippen LogP contribution in [0, 0.1) is 0 Å². The zero-order valence-electron chi connectivity index (χ0n) is 14.2. The predicted molar refractivity (Wildman–Crippen MR) is 93.6 cm³/mol. The van der Waals surface area contributed by atoms with E-state index in [2.05, 4.69) is 36.1 Å². The van der Waals surface area contributed by atoms with Crippen LogP contribution in [0.1, 0.15) is 31.1 Å². The fraction of sp³-hybridized carbons (Fsp3) is 0.500. The number of nitrogens with one attached hydrogen (secondary N) is 2. The molecule has 0 bridgehead atoms. The lowest BCUT2D eigenvalue weighted by molar-refractivity contribution is 0.0600. The Kier molecular flexibility index (Phi) is 7.22. The van der Waals surface area contributed by atoms with Crippen molar-refractivity contribution in [2.24, 2.45) is 0 Å². The molecule has 0 atom stereocenters. The number of hydrogen-bond acceptors (Lipinski definition) is 5. The van der Waals surface area contributed by atoms with Gasteiger partial charge in [-0.2, -0.15) is 11.8 Å². The number of esters is 1. The van der Waals surface area contributed by atoms with Gasteiger partial charge in [-0.1, -0.05) is 20.8 Å². The summed E-state index contributed by atoms with van der Waals surface area (Å²) in [4.78, 5) is 23.5. The highest BCUT2D eigenvalue weighted by Crippen LogP contribution is 2.26. The number of carbonyl (C=O) groups is 2. The number of carbonyl (C=O) groups excluding carboxylic acids is 2. The Labute approximate surface area is 141 Å². The number of ether oxygens (including phenoxy) is 2. The van der Waals surface area contributed by atoms with E-state index in [1.165, 1.54) is 20.3 Å². The molecule has 0 saturated heterocycles. The normalized spacial score (nSPS) is 10.8. The second-order valence-corrected chi connectivity index (χ2v) is 7.67. The lowest BCUT2D eigenvalue weighted by Crippen LogP contribution is -2.31. The van der Waals surface area contributed by atoms with E-state index >= 15 is 0 Å². The summed E-state index contributed by atoms with van der Waals surface area (Å²) in [6.07, 6.45) is 0. The van der Waals surface area contributed by atoms with Gasteiger partial charge in [-0.15, -0.1) is 0 Å².